The van der Waals surface area contributed by atoms with Gasteiger partial charge in [-0.2, -0.15) is 26.6 Å². The van der Waals surface area contributed by atoms with E-state index >= 15 is 0 Å². The van der Waals surface area contributed by atoms with Gasteiger partial charge in [0.2, 0.25) is 0 Å². The molecule has 0 spiro atoms. The van der Waals surface area contributed by atoms with Crippen molar-refractivity contribution < 1.29 is 30.5 Å². The Balaban J connectivity index is 2.42. The monoisotopic (exact) mass is 308 g/mol. The molecular weight excluding hydrogens is 301 g/mol. The maximum atomic E-state index is 12.2. The fourth-order valence-corrected chi connectivity index (χ4v) is 1.76. The molecule has 0 fully saturated rings. The van der Waals surface area contributed by atoms with Crippen molar-refractivity contribution in [1.82, 2.24) is 9.97 Å². The first-order valence-corrected chi connectivity index (χ1v) is 6.45. The highest BCUT2D eigenvalue weighted by Gasteiger charge is 2.48. The van der Waals surface area contributed by atoms with Crippen LogP contribution in [-0.4, -0.2) is 31.0 Å². The van der Waals surface area contributed by atoms with E-state index in [-0.39, 0.29) is 11.5 Å². The maximum absolute atomic E-state index is 12.2. The van der Waals surface area contributed by atoms with Crippen molar-refractivity contribution in [1.29, 1.82) is 0 Å². The van der Waals surface area contributed by atoms with E-state index in [9.17, 15) is 21.6 Å². The Morgan fingerprint density at radius 1 is 1.25 bits per heavy atom. The minimum atomic E-state index is -5.71. The van der Waals surface area contributed by atoms with Gasteiger partial charge in [0.25, 0.3) is 0 Å². The molecule has 0 saturated carbocycles. The molecule has 2 rings (SSSR count). The molecule has 108 valence electrons. The fourth-order valence-electron chi connectivity index (χ4n) is 1.31. The Morgan fingerprint density at radius 3 is 2.55 bits per heavy atom. The molecule has 1 aromatic carbocycles. The third-order valence-electron chi connectivity index (χ3n) is 2.20. The van der Waals surface area contributed by atoms with Crippen LogP contribution in [0.2, 0.25) is 0 Å². The molecule has 0 N–H and O–H groups in total. The highest BCUT2D eigenvalue weighted by Crippen LogP contribution is 2.28. The number of ether oxygens (including phenoxy) is 1. The van der Waals surface area contributed by atoms with Gasteiger partial charge >= 0.3 is 21.6 Å². The number of halogens is 3. The Morgan fingerprint density at radius 2 is 1.95 bits per heavy atom. The van der Waals surface area contributed by atoms with Gasteiger partial charge in [-0.15, -0.1) is 0 Å². The Hall–Kier alpha value is -2.10. The van der Waals surface area contributed by atoms with E-state index in [0.29, 0.717) is 5.39 Å². The number of alkyl halides is 3. The highest BCUT2D eigenvalue weighted by atomic mass is 32.2. The van der Waals surface area contributed by atoms with Gasteiger partial charge in [-0.05, 0) is 12.1 Å². The lowest BCUT2D eigenvalue weighted by atomic mass is 10.2. The third-order valence-corrected chi connectivity index (χ3v) is 3.18. The average Bonchev–Trinajstić information content (AvgIpc) is 2.36. The molecule has 6 nitrogen and oxygen atoms in total. The van der Waals surface area contributed by atoms with Crippen LogP contribution in [0.15, 0.2) is 24.4 Å². The number of fused-ring (bicyclic) bond motifs is 1. The topological polar surface area (TPSA) is 78.4 Å². The first-order chi connectivity index (χ1) is 9.23. The lowest BCUT2D eigenvalue weighted by molar-refractivity contribution is -0.0500. The van der Waals surface area contributed by atoms with Crippen LogP contribution in [0.1, 0.15) is 0 Å². The summed E-state index contributed by atoms with van der Waals surface area (Å²) in [5.41, 5.74) is -5.31. The van der Waals surface area contributed by atoms with Crippen molar-refractivity contribution in [2.24, 2.45) is 0 Å². The third kappa shape index (κ3) is 2.74. The molecule has 0 aliphatic rings. The number of rotatable bonds is 3. The van der Waals surface area contributed by atoms with Crippen molar-refractivity contribution >= 4 is 21.0 Å². The number of methoxy groups -OCH3 is 1. The number of aromatic nitrogens is 2. The molecule has 0 radical (unpaired) electrons. The maximum Gasteiger partial charge on any atom is 0.534 e. The predicted octanol–water partition coefficient (Wildman–Crippen LogP) is 1.87. The summed E-state index contributed by atoms with van der Waals surface area (Å²) in [5, 5.41) is 0.488. The summed E-state index contributed by atoms with van der Waals surface area (Å²) in [4.78, 5) is 7.65. The molecule has 0 unspecified atom stereocenters. The first kappa shape index (κ1) is 14.3. The number of hydrogen-bond donors (Lipinski definition) is 0. The van der Waals surface area contributed by atoms with Crippen LogP contribution in [-0.2, 0) is 10.1 Å². The van der Waals surface area contributed by atoms with E-state index in [4.69, 9.17) is 4.74 Å². The van der Waals surface area contributed by atoms with Crippen LogP contribution in [0, 0.1) is 0 Å². The predicted molar refractivity (Wildman–Crippen MR) is 61.7 cm³/mol. The fraction of sp³-hybridized carbons (Fsp3) is 0.200. The molecule has 1 aromatic heterocycles. The van der Waals surface area contributed by atoms with Crippen LogP contribution in [0.5, 0.6) is 11.8 Å². The molecule has 2 aromatic rings. The molecule has 0 bridgehead atoms. The second kappa shape index (κ2) is 4.78. The largest absolute Gasteiger partial charge is 0.534 e. The van der Waals surface area contributed by atoms with Crippen LogP contribution in [0.4, 0.5) is 13.2 Å². The SMILES string of the molecule is COc1ncc2ccc(OS(=O)(=O)C(F)(F)F)cc2n1. The molecule has 10 heteroatoms. The van der Waals surface area contributed by atoms with E-state index in [2.05, 4.69) is 14.2 Å². The van der Waals surface area contributed by atoms with E-state index < -0.39 is 21.4 Å². The zero-order chi connectivity index (χ0) is 15.0. The molecule has 0 atom stereocenters. The molecule has 20 heavy (non-hydrogen) atoms. The normalized spacial score (nSPS) is 12.4. The molecule has 0 aliphatic heterocycles. The summed E-state index contributed by atoms with van der Waals surface area (Å²) < 4.78 is 67.1. The summed E-state index contributed by atoms with van der Waals surface area (Å²) in [5.74, 6) is -0.504. The van der Waals surface area contributed by atoms with Crippen LogP contribution in [0.3, 0.4) is 0 Å². The second-order valence-corrected chi connectivity index (χ2v) is 5.10. The van der Waals surface area contributed by atoms with Gasteiger partial charge in [-0.25, -0.2) is 4.98 Å². The van der Waals surface area contributed by atoms with Gasteiger partial charge in [-0.1, -0.05) is 0 Å². The average molecular weight is 308 g/mol. The van der Waals surface area contributed by atoms with E-state index in [1.165, 1.54) is 19.4 Å². The Kier molecular flexibility index (Phi) is 3.42. The Bertz CT molecular complexity index is 746. The summed E-state index contributed by atoms with van der Waals surface area (Å²) in [7, 11) is -4.39. The first-order valence-electron chi connectivity index (χ1n) is 5.04. The lowest BCUT2D eigenvalue weighted by Crippen LogP contribution is -2.28. The smallest absolute Gasteiger partial charge is 0.467 e. The summed E-state index contributed by atoms with van der Waals surface area (Å²) >= 11 is 0. The zero-order valence-corrected chi connectivity index (χ0v) is 10.7. The number of nitrogens with zero attached hydrogens (tertiary/aromatic N) is 2. The van der Waals surface area contributed by atoms with E-state index in [1.54, 1.807) is 0 Å². The van der Waals surface area contributed by atoms with Crippen molar-refractivity contribution in [3.63, 3.8) is 0 Å². The second-order valence-electron chi connectivity index (χ2n) is 3.56. The summed E-state index contributed by atoms with van der Waals surface area (Å²) in [6, 6.07) is 3.44. The van der Waals surface area contributed by atoms with Crippen molar-refractivity contribution in [2.75, 3.05) is 7.11 Å². The van der Waals surface area contributed by atoms with Gasteiger partial charge in [0.05, 0.1) is 12.6 Å². The number of hydrogen-bond acceptors (Lipinski definition) is 6. The van der Waals surface area contributed by atoms with E-state index in [0.717, 1.165) is 12.1 Å². The van der Waals surface area contributed by atoms with Gasteiger partial charge in [-0.3, -0.25) is 0 Å². The van der Waals surface area contributed by atoms with Gasteiger partial charge in [0.15, 0.2) is 0 Å². The highest BCUT2D eigenvalue weighted by molar-refractivity contribution is 7.88. The zero-order valence-electron chi connectivity index (χ0n) is 9.88. The van der Waals surface area contributed by atoms with Crippen LogP contribution < -0.4 is 8.92 Å². The van der Waals surface area contributed by atoms with Crippen molar-refractivity contribution in [3.8, 4) is 11.8 Å². The summed E-state index contributed by atoms with van der Waals surface area (Å²) in [6.07, 6.45) is 1.38. The quantitative estimate of drug-likeness (QED) is 0.636. The van der Waals surface area contributed by atoms with Crippen molar-refractivity contribution in [2.45, 2.75) is 5.51 Å². The standard InChI is InChI=1S/C10H7F3N2O4S/c1-18-9-14-5-6-2-3-7(4-8(6)15-9)19-20(16,17)10(11,12)13/h2-5H,1H3. The van der Waals surface area contributed by atoms with Gasteiger partial charge in [0, 0.05) is 17.6 Å². The minimum Gasteiger partial charge on any atom is -0.467 e. The van der Waals surface area contributed by atoms with Gasteiger partial charge < -0.3 is 8.92 Å². The Labute approximate surface area is 111 Å². The molecule has 0 amide bonds. The molecule has 0 aliphatic carbocycles. The molecule has 1 heterocycles. The number of benzene rings is 1. The van der Waals surface area contributed by atoms with E-state index in [1.807, 2.05) is 0 Å². The summed E-state index contributed by atoms with van der Waals surface area (Å²) in [6.45, 7) is 0. The lowest BCUT2D eigenvalue weighted by Gasteiger charge is -2.09. The van der Waals surface area contributed by atoms with Gasteiger partial charge in [0.1, 0.15) is 5.75 Å². The molecular formula is C10H7F3N2O4S. The minimum absolute atomic E-state index is 0.00618. The van der Waals surface area contributed by atoms with Crippen LogP contribution in [0.25, 0.3) is 10.9 Å². The molecule has 0 saturated heterocycles. The van der Waals surface area contributed by atoms with Crippen molar-refractivity contribution in [3.05, 3.63) is 24.4 Å². The van der Waals surface area contributed by atoms with Crippen LogP contribution >= 0.6 is 0 Å².